The lowest BCUT2D eigenvalue weighted by molar-refractivity contribution is -0.167. The number of halogens is 8. The molecule has 0 aliphatic carbocycles. The van der Waals surface area contributed by atoms with Gasteiger partial charge in [-0.15, -0.1) is 0 Å². The van der Waals surface area contributed by atoms with Crippen LogP contribution in [-0.4, -0.2) is 48.6 Å². The van der Waals surface area contributed by atoms with Crippen molar-refractivity contribution in [2.24, 2.45) is 0 Å². The van der Waals surface area contributed by atoms with Crippen LogP contribution < -0.4 is 9.64 Å². The number of alkyl halides is 6. The Morgan fingerprint density at radius 2 is 1.92 bits per heavy atom. The van der Waals surface area contributed by atoms with E-state index in [1.54, 1.807) is 0 Å². The first-order valence-corrected chi connectivity index (χ1v) is 7.04. The van der Waals surface area contributed by atoms with Gasteiger partial charge in [0, 0.05) is 12.3 Å². The number of nitrogens with zero attached hydrogens (tertiary/aromatic N) is 3. The molecule has 2 heterocycles. The van der Waals surface area contributed by atoms with Gasteiger partial charge in [0.05, 0.1) is 6.67 Å². The number of pyridine rings is 1. The second-order valence-electron chi connectivity index (χ2n) is 5.18. The first-order valence-electron chi connectivity index (χ1n) is 6.66. The van der Waals surface area contributed by atoms with E-state index in [2.05, 4.69) is 9.72 Å². The molecule has 0 N–H and O–H groups in total. The van der Waals surface area contributed by atoms with Crippen LogP contribution in [0.1, 0.15) is 0 Å². The lowest BCUT2D eigenvalue weighted by Crippen LogP contribution is -2.49. The van der Waals surface area contributed by atoms with E-state index in [-0.39, 0.29) is 6.67 Å². The summed E-state index contributed by atoms with van der Waals surface area (Å²) in [6, 6.07) is -1.25. The normalized spacial score (nSPS) is 19.4. The Hall–Kier alpha value is -1.75. The minimum atomic E-state index is -4.65. The molecular formula is C13H11ClF7N3O. The van der Waals surface area contributed by atoms with Gasteiger partial charge in [-0.3, -0.25) is 4.90 Å². The van der Waals surface area contributed by atoms with Gasteiger partial charge >= 0.3 is 12.4 Å². The van der Waals surface area contributed by atoms with Crippen molar-refractivity contribution in [3.63, 3.8) is 0 Å². The molecule has 0 saturated carbocycles. The zero-order valence-electron chi connectivity index (χ0n) is 12.5. The number of likely N-dealkylation sites (N-methyl/N-ethyl adjacent to an activating group) is 1. The summed E-state index contributed by atoms with van der Waals surface area (Å²) in [7, 11) is 1.18. The number of hydrogen-bond donors (Lipinski definition) is 0. The van der Waals surface area contributed by atoms with E-state index >= 15 is 0 Å². The number of rotatable bonds is 3. The van der Waals surface area contributed by atoms with Gasteiger partial charge in [0.2, 0.25) is 0 Å². The van der Waals surface area contributed by atoms with E-state index in [0.29, 0.717) is 6.07 Å². The lowest BCUT2D eigenvalue weighted by Gasteiger charge is -2.36. The van der Waals surface area contributed by atoms with Crippen molar-refractivity contribution < 1.29 is 35.5 Å². The molecule has 0 aromatic carbocycles. The molecule has 0 spiro atoms. The molecular weight excluding hydrogens is 383 g/mol. The second-order valence-corrected chi connectivity index (χ2v) is 5.54. The molecule has 0 amide bonds. The van der Waals surface area contributed by atoms with Crippen LogP contribution in [0.25, 0.3) is 0 Å². The van der Waals surface area contributed by atoms with Gasteiger partial charge in [0.1, 0.15) is 6.04 Å². The average molecular weight is 394 g/mol. The summed E-state index contributed by atoms with van der Waals surface area (Å²) >= 11 is 5.67. The maximum absolute atomic E-state index is 14.1. The van der Waals surface area contributed by atoms with Crippen molar-refractivity contribution in [3.8, 4) is 5.75 Å². The van der Waals surface area contributed by atoms with Gasteiger partial charge in [0.15, 0.2) is 29.1 Å². The molecule has 4 nitrogen and oxygen atoms in total. The first kappa shape index (κ1) is 19.6. The Balaban J connectivity index is 2.22. The Kier molecular flexibility index (Phi) is 5.38. The molecule has 1 aromatic rings. The van der Waals surface area contributed by atoms with Crippen LogP contribution in [0.2, 0.25) is 5.15 Å². The fourth-order valence-electron chi connectivity index (χ4n) is 2.11. The van der Waals surface area contributed by atoms with Gasteiger partial charge < -0.3 is 9.64 Å². The maximum atomic E-state index is 14.1. The second kappa shape index (κ2) is 6.87. The summed E-state index contributed by atoms with van der Waals surface area (Å²) in [5, 5.41) is -0.547. The summed E-state index contributed by atoms with van der Waals surface area (Å²) in [6.45, 7) is -2.05. The zero-order valence-corrected chi connectivity index (χ0v) is 13.3. The van der Waals surface area contributed by atoms with E-state index in [0.717, 1.165) is 22.1 Å². The summed E-state index contributed by atoms with van der Waals surface area (Å²) < 4.78 is 93.1. The van der Waals surface area contributed by atoms with E-state index < -0.39 is 47.5 Å². The Bertz CT molecular complexity index is 662. The van der Waals surface area contributed by atoms with Crippen LogP contribution in [0.5, 0.6) is 5.75 Å². The molecule has 25 heavy (non-hydrogen) atoms. The Morgan fingerprint density at radius 1 is 1.28 bits per heavy atom. The fourth-order valence-corrected chi connectivity index (χ4v) is 2.30. The maximum Gasteiger partial charge on any atom is 0.422 e. The fraction of sp³-hybridized carbons (Fsp3) is 0.462. The molecule has 0 bridgehead atoms. The van der Waals surface area contributed by atoms with Crippen molar-refractivity contribution in [2.75, 3.05) is 25.2 Å². The predicted molar refractivity (Wildman–Crippen MR) is 74.8 cm³/mol. The highest BCUT2D eigenvalue weighted by Gasteiger charge is 2.42. The van der Waals surface area contributed by atoms with Crippen LogP contribution >= 0.6 is 11.6 Å². The van der Waals surface area contributed by atoms with Gasteiger partial charge in [-0.1, -0.05) is 11.6 Å². The van der Waals surface area contributed by atoms with Gasteiger partial charge in [-0.2, -0.15) is 26.3 Å². The Morgan fingerprint density at radius 3 is 2.44 bits per heavy atom. The predicted octanol–water partition coefficient (Wildman–Crippen LogP) is 3.97. The van der Waals surface area contributed by atoms with E-state index in [9.17, 15) is 30.7 Å². The van der Waals surface area contributed by atoms with Crippen molar-refractivity contribution in [1.82, 2.24) is 9.88 Å². The minimum absolute atomic E-state index is 0.357. The molecule has 1 atom stereocenters. The van der Waals surface area contributed by atoms with Crippen LogP contribution in [-0.2, 0) is 0 Å². The van der Waals surface area contributed by atoms with E-state index in [4.69, 9.17) is 11.6 Å². The SMILES string of the molecule is CN1CN(c2nc(Cl)c(OCC(F)(F)F)cc2F)C=CC1C(F)(F)F. The molecule has 1 aromatic heterocycles. The number of anilines is 1. The molecule has 0 radical (unpaired) electrons. The van der Waals surface area contributed by atoms with E-state index in [1.807, 2.05) is 0 Å². The molecule has 1 unspecified atom stereocenters. The molecule has 12 heteroatoms. The first-order chi connectivity index (χ1) is 11.4. The van der Waals surface area contributed by atoms with Crippen molar-refractivity contribution in [2.45, 2.75) is 18.4 Å². The highest BCUT2D eigenvalue weighted by Crippen LogP contribution is 2.33. The topological polar surface area (TPSA) is 28.6 Å². The lowest BCUT2D eigenvalue weighted by atomic mass is 10.2. The zero-order chi connectivity index (χ0) is 19.0. The standard InChI is InChI=1S/C13H11ClF7N3O/c1-23-6-24(3-2-9(23)13(19,20)21)11-7(15)4-8(10(14)22-11)25-5-12(16,17)18/h2-4,9H,5-6H2,1H3. The summed E-state index contributed by atoms with van der Waals surface area (Å²) in [4.78, 5) is 5.51. The molecule has 1 aliphatic rings. The molecule has 140 valence electrons. The van der Waals surface area contributed by atoms with Crippen LogP contribution in [0.15, 0.2) is 18.3 Å². The smallest absolute Gasteiger partial charge is 0.422 e. The third-order valence-corrected chi connectivity index (χ3v) is 3.45. The summed E-state index contributed by atoms with van der Waals surface area (Å²) in [6.07, 6.45) is -7.37. The summed E-state index contributed by atoms with van der Waals surface area (Å²) in [5.41, 5.74) is 0. The van der Waals surface area contributed by atoms with E-state index in [1.165, 1.54) is 7.05 Å². The Labute approximate surface area is 142 Å². The van der Waals surface area contributed by atoms with Crippen LogP contribution in [0.3, 0.4) is 0 Å². The highest BCUT2D eigenvalue weighted by molar-refractivity contribution is 6.31. The van der Waals surface area contributed by atoms with Crippen molar-refractivity contribution >= 4 is 17.4 Å². The molecule has 1 aliphatic heterocycles. The third kappa shape index (κ3) is 4.88. The van der Waals surface area contributed by atoms with Crippen molar-refractivity contribution in [1.29, 1.82) is 0 Å². The monoisotopic (exact) mass is 393 g/mol. The number of ether oxygens (including phenoxy) is 1. The van der Waals surface area contributed by atoms with Gasteiger partial charge in [-0.05, 0) is 13.1 Å². The van der Waals surface area contributed by atoms with Crippen LogP contribution in [0, 0.1) is 5.82 Å². The average Bonchev–Trinajstić information content (AvgIpc) is 2.45. The minimum Gasteiger partial charge on any atom is -0.481 e. The molecule has 2 rings (SSSR count). The largest absolute Gasteiger partial charge is 0.481 e. The summed E-state index contributed by atoms with van der Waals surface area (Å²) in [5.74, 6) is -2.15. The highest BCUT2D eigenvalue weighted by atomic mass is 35.5. The third-order valence-electron chi connectivity index (χ3n) is 3.18. The van der Waals surface area contributed by atoms with Crippen LogP contribution in [0.4, 0.5) is 36.6 Å². The quantitative estimate of drug-likeness (QED) is 0.574. The van der Waals surface area contributed by atoms with Crippen molar-refractivity contribution in [3.05, 3.63) is 29.3 Å². The number of aromatic nitrogens is 1. The molecule has 0 fully saturated rings. The van der Waals surface area contributed by atoms with Gasteiger partial charge in [-0.25, -0.2) is 9.37 Å². The van der Waals surface area contributed by atoms with Gasteiger partial charge in [0.25, 0.3) is 0 Å². The molecule has 0 saturated heterocycles. The number of hydrogen-bond acceptors (Lipinski definition) is 4.